The summed E-state index contributed by atoms with van der Waals surface area (Å²) in [6, 6.07) is 3.65. The second kappa shape index (κ2) is 11.3. The fourth-order valence-corrected chi connectivity index (χ4v) is 4.66. The molecule has 3 aromatic rings. The SMILES string of the molecule is Cc1nsc(Nc2cnc(C(F)(F)F)cn2)c1C(=O)Nc1ccc(F)c(OC2CCN(CC(F)(F)F)CC2)c1. The zero-order chi connectivity index (χ0) is 28.4. The maximum absolute atomic E-state index is 14.4. The van der Waals surface area contributed by atoms with E-state index in [1.54, 1.807) is 6.92 Å². The number of aryl methyl sites for hydroxylation is 1. The van der Waals surface area contributed by atoms with Gasteiger partial charge in [0.15, 0.2) is 17.3 Å². The molecule has 1 aliphatic rings. The number of likely N-dealkylation sites (tertiary alicyclic amines) is 1. The minimum atomic E-state index is -4.65. The summed E-state index contributed by atoms with van der Waals surface area (Å²) in [6.45, 7) is 0.825. The zero-order valence-electron chi connectivity index (χ0n) is 20.2. The number of hydrogen-bond donors (Lipinski definition) is 2. The van der Waals surface area contributed by atoms with Gasteiger partial charge >= 0.3 is 12.4 Å². The van der Waals surface area contributed by atoms with Crippen LogP contribution in [0.4, 0.5) is 47.2 Å². The maximum atomic E-state index is 14.4. The Morgan fingerprint density at radius 1 is 1.13 bits per heavy atom. The Balaban J connectivity index is 1.41. The lowest BCUT2D eigenvalue weighted by Gasteiger charge is -2.32. The van der Waals surface area contributed by atoms with Crippen LogP contribution < -0.4 is 15.4 Å². The number of halogens is 7. The molecule has 210 valence electrons. The minimum absolute atomic E-state index is 0.0422. The number of rotatable bonds is 7. The number of carbonyl (C=O) groups excluding carboxylic acids is 1. The molecule has 0 spiro atoms. The number of carbonyl (C=O) groups is 1. The van der Waals surface area contributed by atoms with Gasteiger partial charge in [0.25, 0.3) is 5.91 Å². The highest BCUT2D eigenvalue weighted by Crippen LogP contribution is 2.31. The van der Waals surface area contributed by atoms with E-state index in [2.05, 4.69) is 25.0 Å². The third-order valence-corrected chi connectivity index (χ3v) is 6.55. The van der Waals surface area contributed by atoms with E-state index >= 15 is 0 Å². The highest BCUT2D eigenvalue weighted by atomic mass is 32.1. The van der Waals surface area contributed by atoms with Crippen LogP contribution in [-0.2, 0) is 6.18 Å². The number of hydrogen-bond acceptors (Lipinski definition) is 8. The minimum Gasteiger partial charge on any atom is -0.487 e. The molecule has 4 rings (SSSR count). The van der Waals surface area contributed by atoms with Gasteiger partial charge in [0, 0.05) is 24.8 Å². The molecule has 1 fully saturated rings. The molecule has 1 saturated heterocycles. The Kier molecular flexibility index (Phi) is 8.25. The predicted octanol–water partition coefficient (Wildman–Crippen LogP) is 5.80. The van der Waals surface area contributed by atoms with Crippen LogP contribution in [0.25, 0.3) is 0 Å². The second-order valence-corrected chi connectivity index (χ2v) is 9.46. The Bertz CT molecular complexity index is 1310. The summed E-state index contributed by atoms with van der Waals surface area (Å²) in [5.41, 5.74) is -0.584. The van der Waals surface area contributed by atoms with Crippen molar-refractivity contribution in [2.24, 2.45) is 0 Å². The monoisotopic (exact) mass is 578 g/mol. The first-order valence-corrected chi connectivity index (χ1v) is 12.2. The number of nitrogens with one attached hydrogen (secondary N) is 2. The van der Waals surface area contributed by atoms with Gasteiger partial charge in [-0.15, -0.1) is 0 Å². The number of nitrogens with zero attached hydrogens (tertiary/aromatic N) is 4. The highest BCUT2D eigenvalue weighted by molar-refractivity contribution is 7.10. The summed E-state index contributed by atoms with van der Waals surface area (Å²) in [5.74, 6) is -1.55. The van der Waals surface area contributed by atoms with Crippen LogP contribution in [0.5, 0.6) is 5.75 Å². The van der Waals surface area contributed by atoms with E-state index in [-0.39, 0.29) is 53.8 Å². The molecule has 1 amide bonds. The molecule has 0 unspecified atom stereocenters. The lowest BCUT2D eigenvalue weighted by atomic mass is 10.1. The molecule has 16 heteroatoms. The first-order chi connectivity index (χ1) is 18.3. The molecule has 2 aromatic heterocycles. The average Bonchev–Trinajstić information content (AvgIpc) is 3.21. The third kappa shape index (κ3) is 7.53. The summed E-state index contributed by atoms with van der Waals surface area (Å²) in [6.07, 6.45) is -7.49. The molecule has 39 heavy (non-hydrogen) atoms. The topological polar surface area (TPSA) is 92.3 Å². The molecule has 2 N–H and O–H groups in total. The van der Waals surface area contributed by atoms with Gasteiger partial charge in [0.1, 0.15) is 16.9 Å². The fourth-order valence-electron chi connectivity index (χ4n) is 3.86. The summed E-state index contributed by atoms with van der Waals surface area (Å²) < 4.78 is 100. The van der Waals surface area contributed by atoms with Crippen molar-refractivity contribution in [3.63, 3.8) is 0 Å². The first-order valence-electron chi connectivity index (χ1n) is 11.5. The molecule has 8 nitrogen and oxygen atoms in total. The van der Waals surface area contributed by atoms with E-state index in [0.29, 0.717) is 11.9 Å². The molecule has 1 aromatic carbocycles. The normalized spacial score (nSPS) is 15.3. The van der Waals surface area contributed by atoms with E-state index in [9.17, 15) is 35.5 Å². The van der Waals surface area contributed by atoms with Crippen LogP contribution in [0.3, 0.4) is 0 Å². The van der Waals surface area contributed by atoms with Crippen LogP contribution in [-0.4, -0.2) is 57.1 Å². The fraction of sp³-hybridized carbons (Fsp3) is 0.391. The van der Waals surface area contributed by atoms with Gasteiger partial charge in [-0.2, -0.15) is 30.7 Å². The average molecular weight is 579 g/mol. The molecule has 0 radical (unpaired) electrons. The molecule has 0 saturated carbocycles. The van der Waals surface area contributed by atoms with Crippen molar-refractivity contribution in [1.82, 2.24) is 19.2 Å². The number of alkyl halides is 6. The Labute approximate surface area is 221 Å². The Morgan fingerprint density at radius 2 is 1.85 bits per heavy atom. The van der Waals surface area contributed by atoms with E-state index in [1.807, 2.05) is 0 Å². The van der Waals surface area contributed by atoms with Crippen molar-refractivity contribution in [3.8, 4) is 5.75 Å². The summed E-state index contributed by atoms with van der Waals surface area (Å²) >= 11 is 0.881. The van der Waals surface area contributed by atoms with Gasteiger partial charge in [-0.1, -0.05) is 0 Å². The largest absolute Gasteiger partial charge is 0.487 e. The van der Waals surface area contributed by atoms with E-state index in [0.717, 1.165) is 23.8 Å². The van der Waals surface area contributed by atoms with Crippen LogP contribution in [0.15, 0.2) is 30.6 Å². The van der Waals surface area contributed by atoms with Crippen molar-refractivity contribution >= 4 is 33.9 Å². The lowest BCUT2D eigenvalue weighted by molar-refractivity contribution is -0.149. The maximum Gasteiger partial charge on any atom is 0.434 e. The smallest absolute Gasteiger partial charge is 0.434 e. The van der Waals surface area contributed by atoms with Gasteiger partial charge in [0.05, 0.1) is 30.2 Å². The van der Waals surface area contributed by atoms with Crippen LogP contribution in [0.1, 0.15) is 34.6 Å². The van der Waals surface area contributed by atoms with Crippen molar-refractivity contribution in [2.75, 3.05) is 30.3 Å². The third-order valence-electron chi connectivity index (χ3n) is 5.69. The molecule has 0 aliphatic carbocycles. The number of benzene rings is 1. The van der Waals surface area contributed by atoms with Crippen LogP contribution in [0.2, 0.25) is 0 Å². The number of aromatic nitrogens is 3. The predicted molar refractivity (Wildman–Crippen MR) is 128 cm³/mol. The van der Waals surface area contributed by atoms with Gasteiger partial charge in [-0.3, -0.25) is 9.69 Å². The number of anilines is 3. The summed E-state index contributed by atoms with van der Waals surface area (Å²) in [4.78, 5) is 21.3. The summed E-state index contributed by atoms with van der Waals surface area (Å²) in [5, 5.41) is 5.52. The Morgan fingerprint density at radius 3 is 2.46 bits per heavy atom. The highest BCUT2D eigenvalue weighted by Gasteiger charge is 2.34. The quantitative estimate of drug-likeness (QED) is 0.343. The lowest BCUT2D eigenvalue weighted by Crippen LogP contribution is -2.42. The number of piperidine rings is 1. The number of ether oxygens (including phenoxy) is 1. The van der Waals surface area contributed by atoms with E-state index in [1.165, 1.54) is 17.0 Å². The van der Waals surface area contributed by atoms with Gasteiger partial charge in [-0.05, 0) is 43.4 Å². The molecular weight excluding hydrogens is 557 g/mol. The molecular formula is C23H21F7N6O2S. The van der Waals surface area contributed by atoms with Gasteiger partial charge in [-0.25, -0.2) is 14.4 Å². The van der Waals surface area contributed by atoms with Crippen molar-refractivity contribution in [2.45, 2.75) is 38.2 Å². The van der Waals surface area contributed by atoms with Crippen molar-refractivity contribution in [1.29, 1.82) is 0 Å². The van der Waals surface area contributed by atoms with Crippen molar-refractivity contribution in [3.05, 3.63) is 53.4 Å². The Hall–Kier alpha value is -3.53. The van der Waals surface area contributed by atoms with Crippen LogP contribution in [0, 0.1) is 12.7 Å². The summed E-state index contributed by atoms with van der Waals surface area (Å²) in [7, 11) is 0. The zero-order valence-corrected chi connectivity index (χ0v) is 21.0. The van der Waals surface area contributed by atoms with Gasteiger partial charge in [0.2, 0.25) is 0 Å². The molecule has 3 heterocycles. The molecule has 1 aliphatic heterocycles. The first kappa shape index (κ1) is 28.5. The van der Waals surface area contributed by atoms with Gasteiger partial charge < -0.3 is 15.4 Å². The van der Waals surface area contributed by atoms with Crippen LogP contribution >= 0.6 is 11.5 Å². The standard InChI is InChI=1S/C23H21F7N6O2S/c1-12-19(21(39-35-12)34-18-10-31-17(9-32-18)23(28,29)30)20(37)33-13-2-3-15(24)16(8-13)38-14-4-6-36(7-5-14)11-22(25,26)27/h2-3,8-10,14H,4-7,11H2,1H3,(H,32,34)(H,33,37). The van der Waals surface area contributed by atoms with E-state index < -0.39 is 42.4 Å². The van der Waals surface area contributed by atoms with Crippen molar-refractivity contribution < 1.29 is 40.3 Å². The number of amides is 1. The molecule has 0 atom stereocenters. The molecule has 0 bridgehead atoms. The van der Waals surface area contributed by atoms with E-state index in [4.69, 9.17) is 4.74 Å². The second-order valence-electron chi connectivity index (χ2n) is 8.69.